The maximum Gasteiger partial charge on any atom is 0.243 e. The highest BCUT2D eigenvalue weighted by molar-refractivity contribution is 7.89. The van der Waals surface area contributed by atoms with Gasteiger partial charge in [-0.15, -0.1) is 0 Å². The number of fused-ring (bicyclic) bond motifs is 1. The molecule has 11 nitrogen and oxygen atoms in total. The maximum absolute atomic E-state index is 15.5. The summed E-state index contributed by atoms with van der Waals surface area (Å²) in [4.78, 5) is 20.2. The number of halogens is 3. The van der Waals surface area contributed by atoms with Crippen LogP contribution in [0.15, 0.2) is 65.7 Å². The number of piperazine rings is 1. The Bertz CT molecular complexity index is 2400. The van der Waals surface area contributed by atoms with Gasteiger partial charge in [0.2, 0.25) is 10.0 Å². The highest BCUT2D eigenvalue weighted by Gasteiger charge is 2.27. The third-order valence-corrected chi connectivity index (χ3v) is 12.7. The molecule has 3 N–H and O–H groups in total. The number of carbonyl (C=O) groups is 1. The lowest BCUT2D eigenvalue weighted by atomic mass is 9.97. The Morgan fingerprint density at radius 1 is 1.05 bits per heavy atom. The summed E-state index contributed by atoms with van der Waals surface area (Å²) in [6.45, 7) is 11.3. The standard InChI is InChI=1S/C43H50ClF2N7O4S/c1-4-39-34(42(50-31-13-17-57-18-14-31)35-23-48-53(5-2)43(35)51-39)24-49-58(55,56)41-21-33(36(44)22-38(41)46)40(54)12-10-28-9-11-37(45)32(20-28)30-8-6-7-29(19-30)26-52-16-15-47-27(3)25-52/h6-9,11,19-23,27,31,47,49H,4-5,10,12-18,24-26H2,1-3H3,(H,50,51)/t27-/m0/s1. The van der Waals surface area contributed by atoms with Crippen LogP contribution in [0.5, 0.6) is 0 Å². The number of pyridine rings is 1. The minimum absolute atomic E-state index is 0.0667. The van der Waals surface area contributed by atoms with E-state index >= 15 is 8.78 Å². The molecule has 2 saturated heterocycles. The first-order valence-corrected chi connectivity index (χ1v) is 21.9. The van der Waals surface area contributed by atoms with E-state index in [4.69, 9.17) is 21.3 Å². The highest BCUT2D eigenvalue weighted by Crippen LogP contribution is 2.33. The van der Waals surface area contributed by atoms with Gasteiger partial charge in [0.05, 0.1) is 22.3 Å². The number of hydrogen-bond donors (Lipinski definition) is 3. The normalized spacial score (nSPS) is 16.9. The number of aromatic nitrogens is 3. The van der Waals surface area contributed by atoms with Crippen molar-refractivity contribution in [2.45, 2.75) is 89.5 Å². The van der Waals surface area contributed by atoms with Gasteiger partial charge >= 0.3 is 0 Å². The number of nitrogens with zero attached hydrogens (tertiary/aromatic N) is 4. The second-order valence-corrected chi connectivity index (χ2v) is 17.3. The van der Waals surface area contributed by atoms with Crippen LogP contribution >= 0.6 is 11.6 Å². The quantitative estimate of drug-likeness (QED) is 0.0932. The van der Waals surface area contributed by atoms with E-state index in [1.54, 1.807) is 23.0 Å². The molecule has 15 heteroatoms. The van der Waals surface area contributed by atoms with Gasteiger partial charge < -0.3 is 15.4 Å². The predicted molar refractivity (Wildman–Crippen MR) is 223 cm³/mol. The summed E-state index contributed by atoms with van der Waals surface area (Å²) in [5.74, 6) is -1.94. The smallest absolute Gasteiger partial charge is 0.243 e. The Morgan fingerprint density at radius 2 is 1.86 bits per heavy atom. The van der Waals surface area contributed by atoms with E-state index in [0.717, 1.165) is 73.4 Å². The van der Waals surface area contributed by atoms with Gasteiger partial charge in [0.15, 0.2) is 11.4 Å². The number of aryl methyl sites for hydroxylation is 3. The molecule has 4 heterocycles. The van der Waals surface area contributed by atoms with E-state index in [1.165, 1.54) is 6.07 Å². The van der Waals surface area contributed by atoms with Crippen LogP contribution in [0.2, 0.25) is 5.02 Å². The molecule has 308 valence electrons. The summed E-state index contributed by atoms with van der Waals surface area (Å²) in [6, 6.07) is 14.9. The Morgan fingerprint density at radius 3 is 2.62 bits per heavy atom. The van der Waals surface area contributed by atoms with Gasteiger partial charge in [-0.05, 0) is 86.6 Å². The second kappa shape index (κ2) is 18.3. The number of benzene rings is 3. The predicted octanol–water partition coefficient (Wildman–Crippen LogP) is 7.29. The first-order valence-electron chi connectivity index (χ1n) is 20.0. The molecular formula is C43H50ClF2N7O4S. The maximum atomic E-state index is 15.5. The number of anilines is 1. The van der Waals surface area contributed by atoms with Crippen LogP contribution in [0.1, 0.15) is 72.8 Å². The van der Waals surface area contributed by atoms with E-state index in [9.17, 15) is 13.2 Å². The Hall–Kier alpha value is -4.31. The molecule has 0 unspecified atom stereocenters. The van der Waals surface area contributed by atoms with Crippen molar-refractivity contribution < 1.29 is 26.7 Å². The zero-order valence-electron chi connectivity index (χ0n) is 33.1. The fourth-order valence-corrected chi connectivity index (χ4v) is 9.22. The number of ether oxygens (including phenoxy) is 1. The summed E-state index contributed by atoms with van der Waals surface area (Å²) in [5.41, 5.74) is 5.56. The van der Waals surface area contributed by atoms with Crippen molar-refractivity contribution in [3.63, 3.8) is 0 Å². The Labute approximate surface area is 343 Å². The lowest BCUT2D eigenvalue weighted by molar-refractivity contribution is 0.0904. The van der Waals surface area contributed by atoms with Crippen molar-refractivity contribution in [3.05, 3.63) is 105 Å². The van der Waals surface area contributed by atoms with Crippen molar-refractivity contribution in [1.29, 1.82) is 0 Å². The third kappa shape index (κ3) is 9.43. The summed E-state index contributed by atoms with van der Waals surface area (Å²) >= 11 is 6.38. The van der Waals surface area contributed by atoms with Crippen molar-refractivity contribution in [1.82, 2.24) is 29.7 Å². The molecule has 2 aromatic heterocycles. The number of rotatable bonds is 15. The molecular weight excluding hydrogens is 784 g/mol. The number of Topliss-reactive ketones (excluding diaryl/α,β-unsaturated/α-hetero) is 1. The molecule has 5 aromatic rings. The first-order chi connectivity index (χ1) is 27.9. The summed E-state index contributed by atoms with van der Waals surface area (Å²) in [7, 11) is -4.49. The number of hydrogen-bond acceptors (Lipinski definition) is 9. The number of nitrogens with one attached hydrogen (secondary N) is 3. The zero-order chi connectivity index (χ0) is 41.0. The monoisotopic (exact) mass is 833 g/mol. The Balaban J connectivity index is 1.08. The Kier molecular flexibility index (Phi) is 13.2. The molecule has 0 spiro atoms. The van der Waals surface area contributed by atoms with Crippen molar-refractivity contribution in [2.24, 2.45) is 0 Å². The number of carbonyl (C=O) groups excluding carboxylic acids is 1. The fraction of sp³-hybridized carbons (Fsp3) is 0.419. The molecule has 0 saturated carbocycles. The third-order valence-electron chi connectivity index (χ3n) is 11.0. The molecule has 2 aliphatic heterocycles. The molecule has 2 aliphatic rings. The van der Waals surface area contributed by atoms with Crippen molar-refractivity contribution in [2.75, 3.05) is 38.2 Å². The fourth-order valence-electron chi connectivity index (χ4n) is 7.89. The molecule has 7 rings (SSSR count). The van der Waals surface area contributed by atoms with Crippen LogP contribution in [-0.2, 0) is 47.2 Å². The van der Waals surface area contributed by atoms with E-state index in [0.29, 0.717) is 60.3 Å². The average molecular weight is 834 g/mol. The zero-order valence-corrected chi connectivity index (χ0v) is 34.7. The van der Waals surface area contributed by atoms with Crippen LogP contribution in [-0.4, -0.2) is 78.8 Å². The minimum atomic E-state index is -4.49. The first kappa shape index (κ1) is 41.8. The largest absolute Gasteiger partial charge is 0.381 e. The lowest BCUT2D eigenvalue weighted by Gasteiger charge is -2.31. The molecule has 3 aromatic carbocycles. The van der Waals surface area contributed by atoms with Gasteiger partial charge in [0, 0.05) is 93.4 Å². The topological polar surface area (TPSA) is 130 Å². The molecule has 1 atom stereocenters. The molecule has 0 bridgehead atoms. The van der Waals surface area contributed by atoms with Crippen molar-refractivity contribution >= 4 is 44.1 Å². The van der Waals surface area contributed by atoms with Crippen LogP contribution in [0.3, 0.4) is 0 Å². The molecule has 0 radical (unpaired) electrons. The summed E-state index contributed by atoms with van der Waals surface area (Å²) < 4.78 is 68.3. The number of sulfonamides is 1. The van der Waals surface area contributed by atoms with Gasteiger partial charge in [-0.2, -0.15) is 5.10 Å². The van der Waals surface area contributed by atoms with Crippen molar-refractivity contribution in [3.8, 4) is 11.1 Å². The van der Waals surface area contributed by atoms with Crippen LogP contribution < -0.4 is 15.4 Å². The van der Waals surface area contributed by atoms with Crippen LogP contribution in [0, 0.1) is 11.6 Å². The van der Waals surface area contributed by atoms with Crippen LogP contribution in [0.4, 0.5) is 14.5 Å². The number of ketones is 1. The van der Waals surface area contributed by atoms with Gasteiger partial charge in [-0.3, -0.25) is 9.69 Å². The SMILES string of the molecule is CCc1nc2c(cnn2CC)c(NC2CCOCC2)c1CNS(=O)(=O)c1cc(C(=O)CCc2ccc(F)c(-c3cccc(CN4CCN[C@@H](C)C4)c3)c2)c(Cl)cc1F. The lowest BCUT2D eigenvalue weighted by Crippen LogP contribution is -2.48. The molecule has 58 heavy (non-hydrogen) atoms. The van der Waals surface area contributed by atoms with E-state index < -0.39 is 26.5 Å². The van der Waals surface area contributed by atoms with Gasteiger partial charge in [-0.1, -0.05) is 42.8 Å². The highest BCUT2D eigenvalue weighted by atomic mass is 35.5. The van der Waals surface area contributed by atoms with E-state index in [2.05, 4.69) is 32.3 Å². The van der Waals surface area contributed by atoms with E-state index in [1.807, 2.05) is 38.1 Å². The summed E-state index contributed by atoms with van der Waals surface area (Å²) in [5, 5.41) is 12.1. The van der Waals surface area contributed by atoms with E-state index in [-0.39, 0.29) is 41.8 Å². The molecule has 2 fully saturated rings. The minimum Gasteiger partial charge on any atom is -0.381 e. The van der Waals surface area contributed by atoms with Gasteiger partial charge in [-0.25, -0.2) is 31.6 Å². The second-order valence-electron chi connectivity index (χ2n) is 15.1. The van der Waals surface area contributed by atoms with Crippen LogP contribution in [0.25, 0.3) is 22.2 Å². The average Bonchev–Trinajstić information content (AvgIpc) is 3.63. The molecule has 0 amide bonds. The molecule has 0 aliphatic carbocycles. The van der Waals surface area contributed by atoms with Gasteiger partial charge in [0.25, 0.3) is 0 Å². The summed E-state index contributed by atoms with van der Waals surface area (Å²) in [6.07, 6.45) is 3.95. The van der Waals surface area contributed by atoms with Gasteiger partial charge in [0.1, 0.15) is 16.5 Å².